The van der Waals surface area contributed by atoms with Crippen molar-refractivity contribution in [1.82, 2.24) is 19.6 Å². The van der Waals surface area contributed by atoms with E-state index in [9.17, 15) is 4.79 Å². The van der Waals surface area contributed by atoms with Crippen LogP contribution in [0.15, 0.2) is 53.2 Å². The molecule has 8 nitrogen and oxygen atoms in total. The minimum absolute atomic E-state index is 0.202. The molecule has 1 amide bonds. The number of anilines is 1. The topological polar surface area (TPSA) is 87.1 Å². The molecule has 166 valence electrons. The lowest BCUT2D eigenvalue weighted by Crippen LogP contribution is -2.10. The second-order valence-electron chi connectivity index (χ2n) is 7.40. The summed E-state index contributed by atoms with van der Waals surface area (Å²) in [4.78, 5) is 12.5. The fourth-order valence-corrected chi connectivity index (χ4v) is 3.35. The fourth-order valence-electron chi connectivity index (χ4n) is 3.22. The highest BCUT2D eigenvalue weighted by Gasteiger charge is 2.15. The molecule has 0 atom stereocenters. The van der Waals surface area contributed by atoms with Crippen LogP contribution in [0, 0.1) is 13.8 Å². The van der Waals surface area contributed by atoms with Crippen LogP contribution in [0.5, 0.6) is 5.75 Å². The van der Waals surface area contributed by atoms with Crippen LogP contribution in [-0.4, -0.2) is 25.5 Å². The van der Waals surface area contributed by atoms with Crippen molar-refractivity contribution in [3.05, 3.63) is 82.3 Å². The Balaban J connectivity index is 1.33. The van der Waals surface area contributed by atoms with Crippen LogP contribution in [0.25, 0.3) is 0 Å². The third kappa shape index (κ3) is 4.86. The van der Waals surface area contributed by atoms with Crippen molar-refractivity contribution in [1.29, 1.82) is 0 Å². The maximum atomic E-state index is 12.5. The zero-order chi connectivity index (χ0) is 22.7. The van der Waals surface area contributed by atoms with Gasteiger partial charge in [0.05, 0.1) is 41.0 Å². The first-order valence-electron chi connectivity index (χ1n) is 10.3. The highest BCUT2D eigenvalue weighted by atomic mass is 35.5. The minimum Gasteiger partial charge on any atom is -0.471 e. The number of nitrogens with one attached hydrogen (secondary N) is 1. The number of nitrogens with zero attached hydrogens (tertiary/aromatic N) is 4. The number of hydrogen-bond acceptors (Lipinski definition) is 5. The van der Waals surface area contributed by atoms with Crippen LogP contribution in [0.3, 0.4) is 0 Å². The molecule has 0 saturated carbocycles. The number of hydrogen-bond donors (Lipinski definition) is 1. The standard InChI is InChI=1S/C23H24ClN5O3/c1-4-17-5-7-19(8-6-17)31-14-28-12-18(11-25-28)26-23(30)21-10-9-20(32-21)13-29-16(3)22(24)15(2)27-29/h5-12H,4,13-14H2,1-3H3,(H,26,30). The highest BCUT2D eigenvalue weighted by Crippen LogP contribution is 2.21. The van der Waals surface area contributed by atoms with Gasteiger partial charge in [0.25, 0.3) is 5.91 Å². The van der Waals surface area contributed by atoms with Crippen LogP contribution in [0.1, 0.15) is 40.2 Å². The van der Waals surface area contributed by atoms with E-state index >= 15 is 0 Å². The number of carbonyl (C=O) groups excluding carboxylic acids is 1. The van der Waals surface area contributed by atoms with Gasteiger partial charge in [-0.2, -0.15) is 10.2 Å². The molecule has 4 rings (SSSR count). The monoisotopic (exact) mass is 453 g/mol. The molecular formula is C23H24ClN5O3. The Morgan fingerprint density at radius 1 is 1.19 bits per heavy atom. The number of amides is 1. The van der Waals surface area contributed by atoms with Crippen molar-refractivity contribution in [2.45, 2.75) is 40.5 Å². The number of benzene rings is 1. The number of furan rings is 1. The lowest BCUT2D eigenvalue weighted by molar-refractivity contribution is 0.0994. The van der Waals surface area contributed by atoms with Crippen molar-refractivity contribution in [2.24, 2.45) is 0 Å². The van der Waals surface area contributed by atoms with E-state index < -0.39 is 0 Å². The lowest BCUT2D eigenvalue weighted by atomic mass is 10.2. The van der Waals surface area contributed by atoms with Gasteiger partial charge in [-0.15, -0.1) is 0 Å². The Hall–Kier alpha value is -3.52. The van der Waals surface area contributed by atoms with Gasteiger partial charge in [0.1, 0.15) is 11.5 Å². The van der Waals surface area contributed by atoms with Gasteiger partial charge >= 0.3 is 0 Å². The molecule has 0 aliphatic rings. The Morgan fingerprint density at radius 3 is 2.66 bits per heavy atom. The molecule has 0 unspecified atom stereocenters. The van der Waals surface area contributed by atoms with Crippen molar-refractivity contribution >= 4 is 23.2 Å². The number of aromatic nitrogens is 4. The maximum absolute atomic E-state index is 12.5. The molecule has 0 aliphatic carbocycles. The summed E-state index contributed by atoms with van der Waals surface area (Å²) < 4.78 is 14.8. The minimum atomic E-state index is -0.363. The van der Waals surface area contributed by atoms with Crippen LogP contribution in [0.4, 0.5) is 5.69 Å². The van der Waals surface area contributed by atoms with Crippen LogP contribution in [-0.2, 0) is 19.7 Å². The molecule has 9 heteroatoms. The van der Waals surface area contributed by atoms with E-state index in [0.717, 1.165) is 23.6 Å². The quantitative estimate of drug-likeness (QED) is 0.412. The second kappa shape index (κ2) is 9.32. The fraction of sp³-hybridized carbons (Fsp3) is 0.261. The average molecular weight is 454 g/mol. The summed E-state index contributed by atoms with van der Waals surface area (Å²) in [6.45, 7) is 6.47. The number of halogens is 1. The second-order valence-corrected chi connectivity index (χ2v) is 7.78. The van der Waals surface area contributed by atoms with E-state index in [1.807, 2.05) is 38.1 Å². The lowest BCUT2D eigenvalue weighted by Gasteiger charge is -2.06. The van der Waals surface area contributed by atoms with Gasteiger partial charge in [-0.25, -0.2) is 4.68 Å². The predicted molar refractivity (Wildman–Crippen MR) is 121 cm³/mol. The van der Waals surface area contributed by atoms with Crippen molar-refractivity contribution in [3.63, 3.8) is 0 Å². The summed E-state index contributed by atoms with van der Waals surface area (Å²) >= 11 is 6.19. The van der Waals surface area contributed by atoms with Gasteiger partial charge < -0.3 is 14.5 Å². The molecule has 0 saturated heterocycles. The average Bonchev–Trinajstić information content (AvgIpc) is 3.50. The van der Waals surface area contributed by atoms with Crippen LogP contribution < -0.4 is 10.1 Å². The Bertz CT molecular complexity index is 1220. The zero-order valence-corrected chi connectivity index (χ0v) is 18.9. The van der Waals surface area contributed by atoms with Gasteiger partial charge in [-0.3, -0.25) is 9.48 Å². The molecule has 0 fully saturated rings. The van der Waals surface area contributed by atoms with E-state index in [1.165, 1.54) is 5.56 Å². The molecule has 0 spiro atoms. The number of ether oxygens (including phenoxy) is 1. The predicted octanol–water partition coefficient (Wildman–Crippen LogP) is 4.84. The Kier molecular flexibility index (Phi) is 6.32. The largest absolute Gasteiger partial charge is 0.471 e. The van der Waals surface area contributed by atoms with Gasteiger partial charge in [-0.05, 0) is 50.1 Å². The molecule has 3 heterocycles. The number of aryl methyl sites for hydroxylation is 2. The molecule has 3 aromatic heterocycles. The SMILES string of the molecule is CCc1ccc(OCn2cc(NC(=O)c3ccc(Cn4nc(C)c(Cl)c4C)o3)cn2)cc1. The van der Waals surface area contributed by atoms with Gasteiger partial charge in [0, 0.05) is 0 Å². The summed E-state index contributed by atoms with van der Waals surface area (Å²) in [7, 11) is 0. The van der Waals surface area contributed by atoms with Crippen LogP contribution >= 0.6 is 11.6 Å². The smallest absolute Gasteiger partial charge is 0.291 e. The molecule has 1 N–H and O–H groups in total. The number of carbonyl (C=O) groups is 1. The first kappa shape index (κ1) is 21.7. The summed E-state index contributed by atoms with van der Waals surface area (Å²) in [5, 5.41) is 12.0. The van der Waals surface area contributed by atoms with E-state index in [-0.39, 0.29) is 18.4 Å². The molecule has 4 aromatic rings. The molecule has 32 heavy (non-hydrogen) atoms. The Morgan fingerprint density at radius 2 is 1.97 bits per heavy atom. The molecule has 0 radical (unpaired) electrons. The highest BCUT2D eigenvalue weighted by molar-refractivity contribution is 6.31. The first-order chi connectivity index (χ1) is 15.4. The van der Waals surface area contributed by atoms with E-state index in [0.29, 0.717) is 23.0 Å². The Labute approximate surface area is 190 Å². The third-order valence-corrected chi connectivity index (χ3v) is 5.62. The normalized spacial score (nSPS) is 11.0. The van der Waals surface area contributed by atoms with Gasteiger partial charge in [0.15, 0.2) is 12.5 Å². The summed E-state index contributed by atoms with van der Waals surface area (Å²) in [6, 6.07) is 11.3. The molecule has 1 aromatic carbocycles. The van der Waals surface area contributed by atoms with Crippen LogP contribution in [0.2, 0.25) is 5.02 Å². The molecular weight excluding hydrogens is 430 g/mol. The van der Waals surface area contributed by atoms with Gasteiger partial charge in [0.2, 0.25) is 0 Å². The van der Waals surface area contributed by atoms with E-state index in [2.05, 4.69) is 22.4 Å². The van der Waals surface area contributed by atoms with Crippen molar-refractivity contribution in [3.8, 4) is 5.75 Å². The number of rotatable bonds is 8. The molecule has 0 bridgehead atoms. The van der Waals surface area contributed by atoms with Crippen molar-refractivity contribution < 1.29 is 13.9 Å². The maximum Gasteiger partial charge on any atom is 0.291 e. The zero-order valence-electron chi connectivity index (χ0n) is 18.1. The summed E-state index contributed by atoms with van der Waals surface area (Å²) in [5.41, 5.74) is 3.40. The summed E-state index contributed by atoms with van der Waals surface area (Å²) in [5.74, 6) is 1.21. The molecule has 0 aliphatic heterocycles. The first-order valence-corrected chi connectivity index (χ1v) is 10.6. The summed E-state index contributed by atoms with van der Waals surface area (Å²) in [6.07, 6.45) is 4.24. The van der Waals surface area contributed by atoms with Gasteiger partial charge in [-0.1, -0.05) is 30.7 Å². The third-order valence-electron chi connectivity index (χ3n) is 5.07. The van der Waals surface area contributed by atoms with E-state index in [1.54, 1.807) is 33.9 Å². The van der Waals surface area contributed by atoms with Crippen molar-refractivity contribution in [2.75, 3.05) is 5.32 Å². The van der Waals surface area contributed by atoms with E-state index in [4.69, 9.17) is 20.8 Å².